The van der Waals surface area contributed by atoms with E-state index in [2.05, 4.69) is 5.32 Å². The van der Waals surface area contributed by atoms with Crippen LogP contribution in [0.1, 0.15) is 37.4 Å². The summed E-state index contributed by atoms with van der Waals surface area (Å²) in [6.45, 7) is 2.14. The number of hydrogen-bond acceptors (Lipinski definition) is 2. The summed E-state index contributed by atoms with van der Waals surface area (Å²) < 4.78 is 109. The fourth-order valence-corrected chi connectivity index (χ4v) is 3.80. The van der Waals surface area contributed by atoms with Crippen LogP contribution in [0.5, 0.6) is 0 Å². The van der Waals surface area contributed by atoms with Gasteiger partial charge in [0.15, 0.2) is 0 Å². The number of benzene rings is 3. The van der Waals surface area contributed by atoms with Gasteiger partial charge in [-0.1, -0.05) is 36.4 Å². The summed E-state index contributed by atoms with van der Waals surface area (Å²) in [5.41, 5.74) is -3.24. The third-order valence-corrected chi connectivity index (χ3v) is 5.65. The molecule has 0 saturated carbocycles. The molecule has 0 saturated heterocycles. The third-order valence-electron chi connectivity index (χ3n) is 5.65. The molecule has 0 unspecified atom stereocenters. The first-order valence-corrected chi connectivity index (χ1v) is 10.4. The van der Waals surface area contributed by atoms with Gasteiger partial charge in [-0.15, -0.1) is 0 Å². The summed E-state index contributed by atoms with van der Waals surface area (Å²) >= 11 is 0. The van der Waals surface area contributed by atoms with Crippen molar-refractivity contribution < 1.29 is 44.7 Å². The summed E-state index contributed by atoms with van der Waals surface area (Å²) in [7, 11) is 0. The van der Waals surface area contributed by atoms with Gasteiger partial charge in [0.25, 0.3) is 5.91 Å². The Balaban J connectivity index is 2.01. The number of alkyl halides is 7. The molecule has 0 aliphatic heterocycles. The molecule has 196 valence electrons. The van der Waals surface area contributed by atoms with Crippen molar-refractivity contribution in [3.63, 3.8) is 0 Å². The highest BCUT2D eigenvalue weighted by Gasteiger charge is 2.73. The third kappa shape index (κ3) is 5.00. The Kier molecular flexibility index (Phi) is 7.08. The molecule has 0 spiro atoms. The van der Waals surface area contributed by atoms with Gasteiger partial charge in [0, 0.05) is 22.4 Å². The first kappa shape index (κ1) is 27.6. The lowest BCUT2D eigenvalue weighted by atomic mass is 9.90. The minimum atomic E-state index is -6.30. The van der Waals surface area contributed by atoms with Gasteiger partial charge in [0.05, 0.1) is 5.56 Å². The quantitative estimate of drug-likeness (QED) is 0.358. The van der Waals surface area contributed by atoms with Crippen LogP contribution in [0.25, 0.3) is 11.1 Å². The zero-order valence-electron chi connectivity index (χ0n) is 19.1. The van der Waals surface area contributed by atoms with Gasteiger partial charge in [-0.3, -0.25) is 9.59 Å². The van der Waals surface area contributed by atoms with Gasteiger partial charge in [0.1, 0.15) is 5.82 Å². The molecule has 2 amide bonds. The molecule has 3 aromatic rings. The molecular weight excluding hydrogens is 512 g/mol. The van der Waals surface area contributed by atoms with Gasteiger partial charge in [-0.2, -0.15) is 26.3 Å². The summed E-state index contributed by atoms with van der Waals surface area (Å²) in [4.78, 5) is 24.3. The number of amides is 2. The first-order chi connectivity index (χ1) is 17.0. The first-order valence-electron chi connectivity index (χ1n) is 10.4. The van der Waals surface area contributed by atoms with E-state index in [1.54, 1.807) is 0 Å². The minimum Gasteiger partial charge on any atom is -0.366 e. The van der Waals surface area contributed by atoms with Crippen molar-refractivity contribution >= 4 is 17.5 Å². The molecule has 3 aromatic carbocycles. The monoisotopic (exact) mass is 530 g/mol. The number of carbonyl (C=O) groups excluding carboxylic acids is 2. The molecule has 0 aromatic heterocycles. The Labute approximate surface area is 205 Å². The molecule has 3 rings (SSSR count). The maximum absolute atomic E-state index is 15.3. The van der Waals surface area contributed by atoms with Crippen LogP contribution < -0.4 is 11.1 Å². The number of halogens is 8. The van der Waals surface area contributed by atoms with Crippen LogP contribution in [-0.2, 0) is 5.67 Å². The molecule has 12 heteroatoms. The lowest BCUT2D eigenvalue weighted by molar-refractivity contribution is -0.348. The van der Waals surface area contributed by atoms with Gasteiger partial charge >= 0.3 is 18.0 Å². The second-order valence-corrected chi connectivity index (χ2v) is 8.21. The van der Waals surface area contributed by atoms with Gasteiger partial charge in [-0.25, -0.2) is 8.78 Å². The van der Waals surface area contributed by atoms with Crippen molar-refractivity contribution in [1.29, 1.82) is 0 Å². The average Bonchev–Trinajstić information content (AvgIpc) is 2.79. The molecule has 4 nitrogen and oxygen atoms in total. The number of nitrogens with two attached hydrogens (primary N) is 1. The van der Waals surface area contributed by atoms with Crippen molar-refractivity contribution in [1.82, 2.24) is 0 Å². The SMILES string of the molecule is Cc1cc(C(F)(C(F)(F)F)C(F)(F)F)cc(C)c1NC(=O)c1cccc(-c2cccc(C(N)=O)c2)c1F. The molecule has 0 aliphatic rings. The van der Waals surface area contributed by atoms with E-state index >= 15 is 4.39 Å². The number of nitrogens with one attached hydrogen (secondary N) is 1. The van der Waals surface area contributed by atoms with Crippen LogP contribution in [0.2, 0.25) is 0 Å². The summed E-state index contributed by atoms with van der Waals surface area (Å²) in [6, 6.07) is 10.0. The standard InChI is InChI=1S/C25H18F8N2O2/c1-12-9-16(23(27,24(28,29)30)25(31,32)33)10-13(2)20(12)35-22(37)18-8-4-7-17(19(18)26)14-5-3-6-15(11-14)21(34)36/h3-11H,1-2H3,(H2,34,36)(H,35,37). The fraction of sp³-hybridized carbons (Fsp3) is 0.200. The zero-order chi connectivity index (χ0) is 27.9. The predicted octanol–water partition coefficient (Wildman–Crippen LogP) is 6.75. The lowest BCUT2D eigenvalue weighted by Gasteiger charge is -2.31. The van der Waals surface area contributed by atoms with E-state index in [-0.39, 0.29) is 33.5 Å². The van der Waals surface area contributed by atoms with E-state index in [1.807, 2.05) is 0 Å². The molecular formula is C25H18F8N2O2. The Morgan fingerprint density at radius 3 is 1.86 bits per heavy atom. The number of anilines is 1. The zero-order valence-corrected chi connectivity index (χ0v) is 19.1. The Hall–Kier alpha value is -3.96. The second kappa shape index (κ2) is 9.49. The highest BCUT2D eigenvalue weighted by Crippen LogP contribution is 2.53. The van der Waals surface area contributed by atoms with Crippen LogP contribution in [0.3, 0.4) is 0 Å². The predicted molar refractivity (Wildman–Crippen MR) is 119 cm³/mol. The molecule has 0 aliphatic carbocycles. The van der Waals surface area contributed by atoms with E-state index in [9.17, 15) is 40.3 Å². The molecule has 0 atom stereocenters. The van der Waals surface area contributed by atoms with Crippen molar-refractivity contribution in [2.24, 2.45) is 5.73 Å². The van der Waals surface area contributed by atoms with E-state index in [4.69, 9.17) is 5.73 Å². The lowest BCUT2D eigenvalue weighted by Crippen LogP contribution is -2.50. The number of rotatable bonds is 5. The molecule has 3 N–H and O–H groups in total. The molecule has 0 fully saturated rings. The Morgan fingerprint density at radius 2 is 1.35 bits per heavy atom. The normalized spacial score (nSPS) is 12.4. The maximum atomic E-state index is 15.3. The van der Waals surface area contributed by atoms with E-state index in [0.29, 0.717) is 12.1 Å². The molecule has 0 radical (unpaired) electrons. The Morgan fingerprint density at radius 1 is 0.811 bits per heavy atom. The largest absolute Gasteiger partial charge is 0.435 e. The highest BCUT2D eigenvalue weighted by molar-refractivity contribution is 6.06. The second-order valence-electron chi connectivity index (χ2n) is 8.21. The molecule has 0 bridgehead atoms. The van der Waals surface area contributed by atoms with Gasteiger partial charge in [-0.05, 0) is 48.7 Å². The van der Waals surface area contributed by atoms with Crippen LogP contribution in [0.15, 0.2) is 54.6 Å². The van der Waals surface area contributed by atoms with Crippen LogP contribution in [0.4, 0.5) is 40.8 Å². The molecule has 37 heavy (non-hydrogen) atoms. The van der Waals surface area contributed by atoms with Crippen molar-refractivity contribution in [3.8, 4) is 11.1 Å². The topological polar surface area (TPSA) is 72.2 Å². The highest BCUT2D eigenvalue weighted by atomic mass is 19.4. The maximum Gasteiger partial charge on any atom is 0.435 e. The van der Waals surface area contributed by atoms with Gasteiger partial charge < -0.3 is 11.1 Å². The summed E-state index contributed by atoms with van der Waals surface area (Å²) in [5, 5.41) is 2.26. The summed E-state index contributed by atoms with van der Waals surface area (Å²) in [5.74, 6) is -2.84. The van der Waals surface area contributed by atoms with Crippen molar-refractivity contribution in [2.45, 2.75) is 31.9 Å². The number of hydrogen-bond donors (Lipinski definition) is 2. The Bertz CT molecular complexity index is 1340. The summed E-state index contributed by atoms with van der Waals surface area (Å²) in [6.07, 6.45) is -12.6. The van der Waals surface area contributed by atoms with Crippen LogP contribution in [-0.4, -0.2) is 24.2 Å². The van der Waals surface area contributed by atoms with E-state index < -0.39 is 46.8 Å². The van der Waals surface area contributed by atoms with Crippen LogP contribution >= 0.6 is 0 Å². The molecule has 0 heterocycles. The number of primary amides is 1. The van der Waals surface area contributed by atoms with E-state index in [1.165, 1.54) is 36.4 Å². The van der Waals surface area contributed by atoms with Crippen LogP contribution in [0, 0.1) is 19.7 Å². The minimum absolute atomic E-state index is 0.0721. The average molecular weight is 530 g/mol. The smallest absolute Gasteiger partial charge is 0.366 e. The van der Waals surface area contributed by atoms with Crippen molar-refractivity contribution in [3.05, 3.63) is 88.2 Å². The number of carbonyl (C=O) groups is 2. The fourth-order valence-electron chi connectivity index (χ4n) is 3.80. The number of aryl methyl sites for hydroxylation is 2. The van der Waals surface area contributed by atoms with E-state index in [0.717, 1.165) is 19.9 Å². The van der Waals surface area contributed by atoms with Gasteiger partial charge in [0.2, 0.25) is 5.91 Å². The van der Waals surface area contributed by atoms with Crippen molar-refractivity contribution in [2.75, 3.05) is 5.32 Å².